The fraction of sp³-hybridized carbons (Fsp3) is 0.178. The number of quaternary nitrogens is 1. The van der Waals surface area contributed by atoms with E-state index in [4.69, 9.17) is 14.3 Å². The molecular weight excluding hydrogens is 760 g/mol. The summed E-state index contributed by atoms with van der Waals surface area (Å²) in [5.74, 6) is -0.211. The first-order chi connectivity index (χ1) is 26.4. The van der Waals surface area contributed by atoms with Crippen molar-refractivity contribution in [2.24, 2.45) is 0 Å². The number of carbonyl (C=O) groups excluding carboxylic acids is 3. The zero-order chi connectivity index (χ0) is 37.7. The number of carbonyl (C=O) groups is 3. The summed E-state index contributed by atoms with van der Waals surface area (Å²) in [4.78, 5) is 45.2. The van der Waals surface area contributed by atoms with Crippen LogP contribution in [0.15, 0.2) is 140 Å². The van der Waals surface area contributed by atoms with E-state index in [0.29, 0.717) is 48.7 Å². The average Bonchev–Trinajstić information content (AvgIpc) is 3.20. The molecule has 0 spiro atoms. The minimum atomic E-state index is -0.873. The van der Waals surface area contributed by atoms with Gasteiger partial charge in [-0.2, -0.15) is 13.5 Å². The van der Waals surface area contributed by atoms with Crippen molar-refractivity contribution in [2.75, 3.05) is 25.1 Å². The number of halogens is 1. The Morgan fingerprint density at radius 3 is 2.00 bits per heavy atom. The molecule has 6 N–H and O–H groups in total. The number of amides is 3. The highest BCUT2D eigenvalue weighted by Crippen LogP contribution is 2.45. The molecule has 6 aromatic carbocycles. The molecule has 0 saturated carbocycles. The highest BCUT2D eigenvalue weighted by Gasteiger charge is 2.23. The number of benzene rings is 6. The molecule has 0 bridgehead atoms. The van der Waals surface area contributed by atoms with Gasteiger partial charge in [-0.25, -0.2) is 5.48 Å². The van der Waals surface area contributed by atoms with Crippen molar-refractivity contribution >= 4 is 58.4 Å². The lowest BCUT2D eigenvalue weighted by Crippen LogP contribution is -3.00. The van der Waals surface area contributed by atoms with Gasteiger partial charge in [-0.05, 0) is 70.3 Å². The van der Waals surface area contributed by atoms with E-state index in [1.807, 2.05) is 103 Å². The predicted molar refractivity (Wildman–Crippen MR) is 228 cm³/mol. The number of hydroxylamine groups is 1. The Hall–Kier alpha value is -5.85. The van der Waals surface area contributed by atoms with Gasteiger partial charge in [0.15, 0.2) is 6.61 Å². The van der Waals surface area contributed by atoms with Gasteiger partial charge in [-0.15, -0.1) is 0 Å². The molecule has 12 heteroatoms. The molecule has 1 atom stereocenters. The lowest BCUT2D eigenvalue weighted by atomic mass is 9.92. The Kier molecular flexibility index (Phi) is 18.1. The molecule has 0 radical (unpaired) electrons. The molecule has 3 amide bonds. The normalized spacial score (nSPS) is 10.8. The lowest BCUT2D eigenvalue weighted by molar-refractivity contribution is -0.368. The van der Waals surface area contributed by atoms with Crippen LogP contribution in [0.3, 0.4) is 0 Å². The van der Waals surface area contributed by atoms with Crippen LogP contribution >= 0.6 is 13.5 Å². The van der Waals surface area contributed by atoms with Gasteiger partial charge in [-0.1, -0.05) is 117 Å². The van der Waals surface area contributed by atoms with Gasteiger partial charge in [-0.3, -0.25) is 19.2 Å². The van der Waals surface area contributed by atoms with Crippen molar-refractivity contribution in [3.63, 3.8) is 0 Å². The molecule has 6 rings (SSSR count). The zero-order valence-electron chi connectivity index (χ0n) is 30.8. The second kappa shape index (κ2) is 22.6. The maximum absolute atomic E-state index is 13.5. The van der Waals surface area contributed by atoms with E-state index in [1.54, 1.807) is 30.3 Å². The maximum atomic E-state index is 13.5. The third kappa shape index (κ3) is 11.8. The second-order valence-electron chi connectivity index (χ2n) is 12.6. The highest BCUT2D eigenvalue weighted by atomic mass is 35.5. The van der Waals surface area contributed by atoms with Gasteiger partial charge in [0, 0.05) is 22.4 Å². The monoisotopic (exact) mass is 808 g/mol. The van der Waals surface area contributed by atoms with Crippen molar-refractivity contribution in [1.29, 1.82) is 0 Å². The standard InChI is InChI=1S/C44H42N4O6.CH4.ClH.H2S/c1-2-26-52-38-23-21-31-14-6-8-18-35(31)41(38)42-36-19-9-7-15-32(36)22-24-39(42)53-29-40(49)47-37(20-11-25-45)44(51)46-34-17-10-16-33(27-34)43(50)48-54-28-30-12-4-3-5-13-30;;;/h2-10,12-19,21-24,27,37H,1,11,20,25-26,28-29,45H2,(H,46,51)(H,47,49)(H,48,50);1H4;1H;1H2/t37-;;;/m1.../s1. The molecule has 0 saturated heterocycles. The maximum Gasteiger partial charge on any atom is 0.274 e. The number of anilines is 1. The molecule has 0 heterocycles. The van der Waals surface area contributed by atoms with Crippen LogP contribution in [0.25, 0.3) is 32.7 Å². The second-order valence-corrected chi connectivity index (χ2v) is 12.6. The Morgan fingerprint density at radius 1 is 0.754 bits per heavy atom. The number of hydrogen-bond donors (Lipinski definition) is 4. The van der Waals surface area contributed by atoms with Crippen molar-refractivity contribution < 1.29 is 46.8 Å². The lowest BCUT2D eigenvalue weighted by Gasteiger charge is -2.21. The van der Waals surface area contributed by atoms with Gasteiger partial charge in [0.2, 0.25) is 5.91 Å². The number of fused-ring (bicyclic) bond motifs is 2. The molecule has 0 fully saturated rings. The summed E-state index contributed by atoms with van der Waals surface area (Å²) in [7, 11) is 0. The number of rotatable bonds is 17. The average molecular weight is 809 g/mol. The molecule has 0 aliphatic heterocycles. The fourth-order valence-electron chi connectivity index (χ4n) is 6.19. The van der Waals surface area contributed by atoms with Crippen molar-refractivity contribution in [3.05, 3.63) is 151 Å². The molecule has 0 unspecified atom stereocenters. The first kappa shape index (κ1) is 45.5. The van der Waals surface area contributed by atoms with Gasteiger partial charge >= 0.3 is 0 Å². The third-order valence-corrected chi connectivity index (χ3v) is 8.78. The Morgan fingerprint density at radius 2 is 1.37 bits per heavy atom. The van der Waals surface area contributed by atoms with E-state index in [2.05, 4.69) is 28.4 Å². The molecule has 57 heavy (non-hydrogen) atoms. The van der Waals surface area contributed by atoms with Crippen LogP contribution in [0.1, 0.15) is 36.2 Å². The molecule has 0 aliphatic rings. The van der Waals surface area contributed by atoms with Gasteiger partial charge in [0.25, 0.3) is 11.8 Å². The van der Waals surface area contributed by atoms with Crippen LogP contribution in [0.2, 0.25) is 0 Å². The Balaban J connectivity index is 0.00000290. The predicted octanol–water partition coefficient (Wildman–Crippen LogP) is 4.36. The summed E-state index contributed by atoms with van der Waals surface area (Å²) >= 11 is 0. The Bertz CT molecular complexity index is 2270. The quantitative estimate of drug-likeness (QED) is 0.0798. The summed E-state index contributed by atoms with van der Waals surface area (Å²) < 4.78 is 12.5. The molecule has 0 aromatic heterocycles. The number of nitrogens with one attached hydrogen (secondary N) is 3. The van der Waals surface area contributed by atoms with E-state index in [9.17, 15) is 14.4 Å². The van der Waals surface area contributed by atoms with E-state index in [1.165, 1.54) is 0 Å². The smallest absolute Gasteiger partial charge is 0.274 e. The fourth-order valence-corrected chi connectivity index (χ4v) is 6.19. The zero-order valence-corrected chi connectivity index (χ0v) is 32.5. The number of ether oxygens (including phenoxy) is 2. The molecule has 10 nitrogen and oxygen atoms in total. The topological polar surface area (TPSA) is 143 Å². The van der Waals surface area contributed by atoms with Crippen LogP contribution in [-0.4, -0.2) is 43.5 Å². The van der Waals surface area contributed by atoms with Crippen molar-refractivity contribution in [3.8, 4) is 22.6 Å². The van der Waals surface area contributed by atoms with E-state index >= 15 is 0 Å². The SMILES string of the molecule is C.C=CCOc1ccc2ccccc2c1-c1c(OCC(=O)N[C@H](CCC[NH3+])C(=O)Nc2cccc(C(=O)NOCc3ccccc3)c2)ccc2ccccc12.S.[Cl-]. The molecule has 6 aromatic rings. The van der Waals surface area contributed by atoms with Crippen molar-refractivity contribution in [2.45, 2.75) is 32.9 Å². The largest absolute Gasteiger partial charge is 1.00 e. The van der Waals surface area contributed by atoms with Crippen LogP contribution in [-0.2, 0) is 21.0 Å². The minimum absolute atomic E-state index is 0. The summed E-state index contributed by atoms with van der Waals surface area (Å²) in [6, 6.07) is 38.9. The summed E-state index contributed by atoms with van der Waals surface area (Å²) in [6.45, 7) is 4.57. The van der Waals surface area contributed by atoms with E-state index < -0.39 is 23.8 Å². The number of hydrogen-bond acceptors (Lipinski definition) is 6. The summed E-state index contributed by atoms with van der Waals surface area (Å²) in [6.07, 6.45) is 2.65. The minimum Gasteiger partial charge on any atom is -1.00 e. The van der Waals surface area contributed by atoms with Gasteiger partial charge in [0.05, 0.1) is 13.2 Å². The first-order valence-electron chi connectivity index (χ1n) is 17.8. The first-order valence-corrected chi connectivity index (χ1v) is 17.8. The highest BCUT2D eigenvalue weighted by molar-refractivity contribution is 7.59. The van der Waals surface area contributed by atoms with E-state index in [-0.39, 0.29) is 46.5 Å². The van der Waals surface area contributed by atoms with Crippen LogP contribution < -0.4 is 43.7 Å². The third-order valence-electron chi connectivity index (χ3n) is 8.78. The van der Waals surface area contributed by atoms with Gasteiger partial charge in [0.1, 0.15) is 24.1 Å². The Labute approximate surface area is 346 Å². The van der Waals surface area contributed by atoms with E-state index in [0.717, 1.165) is 38.2 Å². The van der Waals surface area contributed by atoms with Gasteiger partial charge < -0.3 is 38.2 Å². The summed E-state index contributed by atoms with van der Waals surface area (Å²) in [5, 5.41) is 9.61. The molecular formula is C45H49ClN4O6S. The molecule has 298 valence electrons. The molecule has 0 aliphatic carbocycles. The van der Waals surface area contributed by atoms with Crippen LogP contribution in [0.5, 0.6) is 11.5 Å². The van der Waals surface area contributed by atoms with Crippen molar-refractivity contribution in [1.82, 2.24) is 10.8 Å². The van der Waals surface area contributed by atoms with Crippen LogP contribution in [0, 0.1) is 0 Å². The van der Waals surface area contributed by atoms with Crippen LogP contribution in [0.4, 0.5) is 5.69 Å². The summed E-state index contributed by atoms with van der Waals surface area (Å²) in [5.41, 5.74) is 9.56.